The van der Waals surface area contributed by atoms with E-state index in [1.807, 2.05) is 30.9 Å². The standard InChI is InChI=1S/C14H20N2O2/c1-11-6-5-8-15-12(11)10-16-9-4-3-7-14(16,2)13(17)18/h5-6,8H,3-4,7,9-10H2,1-2H3,(H,17,18). The second-order valence-corrected chi connectivity index (χ2v) is 5.22. The molecule has 0 aromatic carbocycles. The van der Waals surface area contributed by atoms with Crippen LogP contribution in [0.25, 0.3) is 0 Å². The summed E-state index contributed by atoms with van der Waals surface area (Å²) in [4.78, 5) is 17.9. The molecule has 0 amide bonds. The Morgan fingerprint density at radius 2 is 2.33 bits per heavy atom. The Balaban J connectivity index is 2.21. The highest BCUT2D eigenvalue weighted by Crippen LogP contribution is 2.29. The van der Waals surface area contributed by atoms with Gasteiger partial charge >= 0.3 is 5.97 Å². The van der Waals surface area contributed by atoms with Crippen LogP contribution in [0.4, 0.5) is 0 Å². The number of hydrogen-bond donors (Lipinski definition) is 1. The number of likely N-dealkylation sites (tertiary alicyclic amines) is 1. The Bertz CT molecular complexity index is 447. The molecule has 1 aliphatic heterocycles. The third kappa shape index (κ3) is 2.38. The fourth-order valence-electron chi connectivity index (χ4n) is 2.54. The predicted molar refractivity (Wildman–Crippen MR) is 69.3 cm³/mol. The van der Waals surface area contributed by atoms with E-state index in [4.69, 9.17) is 0 Å². The maximum Gasteiger partial charge on any atom is 0.323 e. The lowest BCUT2D eigenvalue weighted by molar-refractivity contribution is -0.153. The number of carboxylic acid groups (broad SMARTS) is 1. The summed E-state index contributed by atoms with van der Waals surface area (Å²) in [5.41, 5.74) is 1.35. The second-order valence-electron chi connectivity index (χ2n) is 5.22. The van der Waals surface area contributed by atoms with Gasteiger partial charge in [0.1, 0.15) is 5.54 Å². The number of pyridine rings is 1. The van der Waals surface area contributed by atoms with Crippen LogP contribution in [0, 0.1) is 6.92 Å². The number of carbonyl (C=O) groups is 1. The maximum atomic E-state index is 11.5. The van der Waals surface area contributed by atoms with E-state index < -0.39 is 11.5 Å². The molecule has 1 unspecified atom stereocenters. The number of nitrogens with zero attached hydrogens (tertiary/aromatic N) is 2. The number of rotatable bonds is 3. The SMILES string of the molecule is Cc1cccnc1CN1CCCCC1(C)C(=O)O. The lowest BCUT2D eigenvalue weighted by Gasteiger charge is -2.41. The van der Waals surface area contributed by atoms with Crippen LogP contribution in [0.2, 0.25) is 0 Å². The fourth-order valence-corrected chi connectivity index (χ4v) is 2.54. The molecule has 1 aromatic heterocycles. The average Bonchev–Trinajstić information content (AvgIpc) is 2.34. The second kappa shape index (κ2) is 5.06. The zero-order valence-electron chi connectivity index (χ0n) is 11.0. The zero-order chi connectivity index (χ0) is 13.2. The molecule has 1 N–H and O–H groups in total. The summed E-state index contributed by atoms with van der Waals surface area (Å²) in [6.07, 6.45) is 4.54. The van der Waals surface area contributed by atoms with Gasteiger partial charge in [0, 0.05) is 12.7 Å². The van der Waals surface area contributed by atoms with Crippen LogP contribution < -0.4 is 0 Å². The van der Waals surface area contributed by atoms with E-state index in [0.29, 0.717) is 13.0 Å². The van der Waals surface area contributed by atoms with Gasteiger partial charge in [-0.15, -0.1) is 0 Å². The lowest BCUT2D eigenvalue weighted by atomic mass is 9.88. The van der Waals surface area contributed by atoms with Crippen LogP contribution in [-0.2, 0) is 11.3 Å². The molecule has 2 rings (SSSR count). The topological polar surface area (TPSA) is 53.4 Å². The third-order valence-electron chi connectivity index (χ3n) is 3.96. The first-order valence-electron chi connectivity index (χ1n) is 6.43. The van der Waals surface area contributed by atoms with Gasteiger partial charge in [0.25, 0.3) is 0 Å². The maximum absolute atomic E-state index is 11.5. The molecule has 0 radical (unpaired) electrons. The minimum atomic E-state index is -0.748. The van der Waals surface area contributed by atoms with Gasteiger partial charge in [-0.25, -0.2) is 0 Å². The summed E-state index contributed by atoms with van der Waals surface area (Å²) in [5.74, 6) is -0.726. The van der Waals surface area contributed by atoms with Crippen molar-refractivity contribution in [1.29, 1.82) is 0 Å². The molecule has 98 valence electrons. The summed E-state index contributed by atoms with van der Waals surface area (Å²) < 4.78 is 0. The largest absolute Gasteiger partial charge is 0.480 e. The summed E-state index contributed by atoms with van der Waals surface area (Å²) in [5, 5.41) is 9.45. The van der Waals surface area contributed by atoms with Crippen molar-refractivity contribution in [2.45, 2.75) is 45.2 Å². The van der Waals surface area contributed by atoms with Crippen LogP contribution >= 0.6 is 0 Å². The molecule has 0 aliphatic carbocycles. The molecule has 4 nitrogen and oxygen atoms in total. The number of aliphatic carboxylic acids is 1. The van der Waals surface area contributed by atoms with E-state index in [9.17, 15) is 9.90 Å². The van der Waals surface area contributed by atoms with Crippen LogP contribution in [0.1, 0.15) is 37.4 Å². The van der Waals surface area contributed by atoms with E-state index in [1.54, 1.807) is 6.20 Å². The highest BCUT2D eigenvalue weighted by atomic mass is 16.4. The lowest BCUT2D eigenvalue weighted by Crippen LogP contribution is -2.54. The van der Waals surface area contributed by atoms with Gasteiger partial charge in [-0.1, -0.05) is 6.07 Å². The summed E-state index contributed by atoms with van der Waals surface area (Å²) >= 11 is 0. The minimum Gasteiger partial charge on any atom is -0.480 e. The molecule has 0 spiro atoms. The van der Waals surface area contributed by atoms with Gasteiger partial charge in [-0.3, -0.25) is 14.7 Å². The Morgan fingerprint density at radius 1 is 1.56 bits per heavy atom. The van der Waals surface area contributed by atoms with Crippen molar-refractivity contribution < 1.29 is 9.90 Å². The first kappa shape index (κ1) is 13.0. The first-order chi connectivity index (χ1) is 8.54. The Hall–Kier alpha value is -1.42. The van der Waals surface area contributed by atoms with Crippen molar-refractivity contribution in [2.24, 2.45) is 0 Å². The van der Waals surface area contributed by atoms with Crippen molar-refractivity contribution in [2.75, 3.05) is 6.54 Å². The summed E-state index contributed by atoms with van der Waals surface area (Å²) in [6.45, 7) is 5.30. The quantitative estimate of drug-likeness (QED) is 0.891. The molecule has 1 aromatic rings. The van der Waals surface area contributed by atoms with Gasteiger partial charge in [-0.2, -0.15) is 0 Å². The van der Waals surface area contributed by atoms with Crippen molar-refractivity contribution in [3.8, 4) is 0 Å². The third-order valence-corrected chi connectivity index (χ3v) is 3.96. The molecule has 0 saturated carbocycles. The average molecular weight is 248 g/mol. The smallest absolute Gasteiger partial charge is 0.323 e. The van der Waals surface area contributed by atoms with Gasteiger partial charge in [0.15, 0.2) is 0 Å². The highest BCUT2D eigenvalue weighted by molar-refractivity contribution is 5.78. The highest BCUT2D eigenvalue weighted by Gasteiger charge is 2.41. The summed E-state index contributed by atoms with van der Waals surface area (Å²) in [6, 6.07) is 3.93. The molecule has 1 atom stereocenters. The number of aryl methyl sites for hydroxylation is 1. The Labute approximate surface area is 108 Å². The first-order valence-corrected chi connectivity index (χ1v) is 6.43. The van der Waals surface area contributed by atoms with E-state index in [1.165, 1.54) is 0 Å². The van der Waals surface area contributed by atoms with E-state index in [-0.39, 0.29) is 0 Å². The van der Waals surface area contributed by atoms with Crippen molar-refractivity contribution in [3.63, 3.8) is 0 Å². The summed E-state index contributed by atoms with van der Waals surface area (Å²) in [7, 11) is 0. The number of carboxylic acids is 1. The minimum absolute atomic E-state index is 0.621. The Morgan fingerprint density at radius 3 is 3.00 bits per heavy atom. The predicted octanol–water partition coefficient (Wildman–Crippen LogP) is 2.22. The van der Waals surface area contributed by atoms with Crippen molar-refractivity contribution in [1.82, 2.24) is 9.88 Å². The number of piperidine rings is 1. The zero-order valence-corrected chi connectivity index (χ0v) is 11.0. The molecule has 1 aliphatic rings. The molecule has 1 saturated heterocycles. The monoisotopic (exact) mass is 248 g/mol. The molecule has 18 heavy (non-hydrogen) atoms. The normalized spacial score (nSPS) is 25.0. The van der Waals surface area contributed by atoms with E-state index in [0.717, 1.165) is 30.6 Å². The molecule has 0 bridgehead atoms. The Kier molecular flexibility index (Phi) is 3.66. The van der Waals surface area contributed by atoms with Crippen LogP contribution in [0.3, 0.4) is 0 Å². The van der Waals surface area contributed by atoms with Gasteiger partial charge < -0.3 is 5.11 Å². The molecular weight excluding hydrogens is 228 g/mol. The van der Waals surface area contributed by atoms with Gasteiger partial charge in [0.05, 0.1) is 5.69 Å². The molecule has 2 heterocycles. The van der Waals surface area contributed by atoms with Crippen molar-refractivity contribution in [3.05, 3.63) is 29.6 Å². The van der Waals surface area contributed by atoms with Crippen molar-refractivity contribution >= 4 is 5.97 Å². The number of hydrogen-bond acceptors (Lipinski definition) is 3. The fraction of sp³-hybridized carbons (Fsp3) is 0.571. The van der Waals surface area contributed by atoms with E-state index in [2.05, 4.69) is 4.98 Å². The molecule has 1 fully saturated rings. The van der Waals surface area contributed by atoms with Crippen LogP contribution in [0.15, 0.2) is 18.3 Å². The van der Waals surface area contributed by atoms with Crippen LogP contribution in [0.5, 0.6) is 0 Å². The van der Waals surface area contributed by atoms with E-state index >= 15 is 0 Å². The molecule has 4 heteroatoms. The number of aromatic nitrogens is 1. The van der Waals surface area contributed by atoms with Crippen LogP contribution in [-0.4, -0.2) is 33.0 Å². The molecular formula is C14H20N2O2. The van der Waals surface area contributed by atoms with Gasteiger partial charge in [0.2, 0.25) is 0 Å². The van der Waals surface area contributed by atoms with Gasteiger partial charge in [-0.05, 0) is 51.3 Å².